The molecule has 0 bridgehead atoms. The summed E-state index contributed by atoms with van der Waals surface area (Å²) < 4.78 is 51.3. The molecule has 69 heavy (non-hydrogen) atoms. The number of benzene rings is 8. The predicted octanol–water partition coefficient (Wildman–Crippen LogP) is 13.8. The Balaban J connectivity index is 0.848. The van der Waals surface area contributed by atoms with Crippen LogP contribution in [-0.4, -0.2) is 8.42 Å². The van der Waals surface area contributed by atoms with Crippen molar-refractivity contribution in [3.8, 4) is 70.3 Å². The molecule has 0 saturated carbocycles. The van der Waals surface area contributed by atoms with Gasteiger partial charge in [-0.3, -0.25) is 0 Å². The average Bonchev–Trinajstić information content (AvgIpc) is 3.37. The van der Waals surface area contributed by atoms with Gasteiger partial charge in [0.15, 0.2) is 0 Å². The van der Waals surface area contributed by atoms with E-state index in [1.165, 1.54) is 24.3 Å². The molecule has 0 aliphatic rings. The Kier molecular flexibility index (Phi) is 13.0. The van der Waals surface area contributed by atoms with Gasteiger partial charge in [-0.25, -0.2) is 8.42 Å². The summed E-state index contributed by atoms with van der Waals surface area (Å²) in [5, 5.41) is 37.1. The third-order valence-corrected chi connectivity index (χ3v) is 13.8. The second-order valence-corrected chi connectivity index (χ2v) is 19.0. The average molecular weight is 923 g/mol. The molecule has 0 heterocycles. The molecule has 336 valence electrons. The van der Waals surface area contributed by atoms with Crippen molar-refractivity contribution in [2.45, 2.75) is 48.3 Å². The maximum Gasteiger partial charge on any atom is 0.206 e. The highest BCUT2D eigenvalue weighted by atomic mass is 32.2. The van der Waals surface area contributed by atoms with Gasteiger partial charge in [-0.1, -0.05) is 76.2 Å². The van der Waals surface area contributed by atoms with Gasteiger partial charge in [0.2, 0.25) is 9.84 Å². The Morgan fingerprint density at radius 2 is 0.536 bits per heavy atom. The van der Waals surface area contributed by atoms with Crippen LogP contribution in [0.15, 0.2) is 192 Å². The lowest BCUT2D eigenvalue weighted by molar-refractivity contribution is 0.480. The first kappa shape index (κ1) is 46.4. The molecular weight excluding hydrogens is 881 g/mol. The van der Waals surface area contributed by atoms with Crippen molar-refractivity contribution in [2.75, 3.05) is 0 Å². The van der Waals surface area contributed by atoms with Gasteiger partial charge in [-0.05, 0) is 156 Å². The Morgan fingerprint density at radius 1 is 0.319 bits per heavy atom. The molecule has 8 rings (SSSR count). The van der Waals surface area contributed by atoms with E-state index in [9.17, 15) is 29.5 Å². The molecule has 8 aromatic carbocycles. The third kappa shape index (κ3) is 10.2. The zero-order valence-electron chi connectivity index (χ0n) is 38.0. The summed E-state index contributed by atoms with van der Waals surface area (Å²) in [5.41, 5.74) is 4.60. The number of hydrogen-bond acceptors (Lipinski definition) is 10. The monoisotopic (exact) mass is 922 g/mol. The topological polar surface area (TPSA) is 166 Å². The van der Waals surface area contributed by atoms with Crippen molar-refractivity contribution in [2.24, 2.45) is 0 Å². The second-order valence-electron chi connectivity index (χ2n) is 17.1. The second kappa shape index (κ2) is 19.4. The summed E-state index contributed by atoms with van der Waals surface area (Å²) in [7, 11) is -3.83. The molecule has 0 unspecified atom stereocenters. The fourth-order valence-electron chi connectivity index (χ4n) is 7.70. The summed E-state index contributed by atoms with van der Waals surface area (Å²) >= 11 is 0. The maximum absolute atomic E-state index is 13.6. The SMILES string of the molecule is CC(C)(c1ccc(Oc2ccc(S(=O)(=O)c3ccc(Oc4ccc(C(C)(C)c5ccc(Oc6ccc(C#N)c(C#N)c6)cc5)cc4)cc3)cc2)cc1)c1ccc(Oc2ccc(C#N)c(C#N)c2)cc1. The fraction of sp³-hybridized carbons (Fsp3) is 0.103. The standard InChI is InChI=1S/C58H42N4O6S/c1-57(2,45-11-21-49(22-12-45)67-53-15-5-39(35-59)41(33-53)37-61)43-7-17-47(18-8-43)65-51-25-29-55(30-26-51)69(63,64)56-31-27-52(28-32-56)66-48-19-9-44(10-20-48)58(3,4)46-13-23-50(24-14-46)68-54-16-6-40(36-60)42(34-54)38-62/h5-34H,1-4H3. The number of nitriles is 4. The van der Waals surface area contributed by atoms with Crippen LogP contribution in [0.1, 0.15) is 72.2 Å². The first-order valence-electron chi connectivity index (χ1n) is 21.7. The molecule has 0 N–H and O–H groups in total. The van der Waals surface area contributed by atoms with Crippen LogP contribution in [0.3, 0.4) is 0 Å². The molecule has 8 aromatic rings. The molecular formula is C58H42N4O6S. The Bertz CT molecular complexity index is 3220. The van der Waals surface area contributed by atoms with E-state index >= 15 is 0 Å². The summed E-state index contributed by atoms with van der Waals surface area (Å²) in [6.45, 7) is 8.48. The molecule has 0 atom stereocenters. The minimum Gasteiger partial charge on any atom is -0.457 e. The fourth-order valence-corrected chi connectivity index (χ4v) is 8.96. The molecule has 0 aliphatic carbocycles. The van der Waals surface area contributed by atoms with Crippen LogP contribution in [0, 0.1) is 45.3 Å². The van der Waals surface area contributed by atoms with E-state index in [1.807, 2.05) is 121 Å². The third-order valence-electron chi connectivity index (χ3n) is 12.0. The van der Waals surface area contributed by atoms with E-state index in [1.54, 1.807) is 60.7 Å². The van der Waals surface area contributed by atoms with Crippen molar-refractivity contribution in [1.29, 1.82) is 21.0 Å². The van der Waals surface area contributed by atoms with E-state index in [2.05, 4.69) is 27.7 Å². The molecule has 0 fully saturated rings. The quantitative estimate of drug-likeness (QED) is 0.102. The highest BCUT2D eigenvalue weighted by Crippen LogP contribution is 2.37. The maximum atomic E-state index is 13.6. The van der Waals surface area contributed by atoms with Gasteiger partial charge in [0.05, 0.1) is 32.0 Å². The van der Waals surface area contributed by atoms with E-state index < -0.39 is 9.84 Å². The van der Waals surface area contributed by atoms with Gasteiger partial charge >= 0.3 is 0 Å². The molecule has 0 aromatic heterocycles. The van der Waals surface area contributed by atoms with E-state index in [0.29, 0.717) is 57.1 Å². The highest BCUT2D eigenvalue weighted by molar-refractivity contribution is 7.91. The largest absolute Gasteiger partial charge is 0.457 e. The van der Waals surface area contributed by atoms with Crippen LogP contribution in [0.25, 0.3) is 0 Å². The molecule has 0 amide bonds. The summed E-state index contributed by atoms with van der Waals surface area (Å²) in [6, 6.07) is 61.2. The number of rotatable bonds is 14. The minimum absolute atomic E-state index is 0.127. The van der Waals surface area contributed by atoms with E-state index in [-0.39, 0.29) is 31.7 Å². The molecule has 11 heteroatoms. The molecule has 0 aliphatic heterocycles. The summed E-state index contributed by atoms with van der Waals surface area (Å²) in [6.07, 6.45) is 0. The predicted molar refractivity (Wildman–Crippen MR) is 260 cm³/mol. The van der Waals surface area contributed by atoms with Crippen LogP contribution in [0.4, 0.5) is 0 Å². The molecule has 10 nitrogen and oxygen atoms in total. The lowest BCUT2D eigenvalue weighted by Crippen LogP contribution is -2.18. The van der Waals surface area contributed by atoms with Crippen molar-refractivity contribution in [1.82, 2.24) is 0 Å². The van der Waals surface area contributed by atoms with Gasteiger partial charge < -0.3 is 18.9 Å². The zero-order valence-corrected chi connectivity index (χ0v) is 38.8. The van der Waals surface area contributed by atoms with Gasteiger partial charge in [0.25, 0.3) is 0 Å². The van der Waals surface area contributed by atoms with Crippen LogP contribution >= 0.6 is 0 Å². The Hall–Kier alpha value is -9.13. The van der Waals surface area contributed by atoms with Crippen LogP contribution < -0.4 is 18.9 Å². The van der Waals surface area contributed by atoms with Gasteiger partial charge in [-0.2, -0.15) is 21.0 Å². The minimum atomic E-state index is -3.83. The zero-order chi connectivity index (χ0) is 48.8. The molecule has 0 radical (unpaired) electrons. The summed E-state index contributed by atoms with van der Waals surface area (Å²) in [5.74, 6) is 4.30. The van der Waals surface area contributed by atoms with Crippen molar-refractivity contribution >= 4 is 9.84 Å². The van der Waals surface area contributed by atoms with Gasteiger partial charge in [0, 0.05) is 10.8 Å². The first-order valence-corrected chi connectivity index (χ1v) is 23.2. The summed E-state index contributed by atoms with van der Waals surface area (Å²) in [4.78, 5) is 0.253. The van der Waals surface area contributed by atoms with Crippen LogP contribution in [-0.2, 0) is 20.7 Å². The van der Waals surface area contributed by atoms with Crippen LogP contribution in [0.5, 0.6) is 46.0 Å². The number of sulfone groups is 1. The van der Waals surface area contributed by atoms with Crippen molar-refractivity contribution < 1.29 is 27.4 Å². The number of ether oxygens (including phenoxy) is 4. The van der Waals surface area contributed by atoms with Crippen LogP contribution in [0.2, 0.25) is 0 Å². The normalized spacial score (nSPS) is 11.2. The van der Waals surface area contributed by atoms with Gasteiger partial charge in [-0.15, -0.1) is 0 Å². The Morgan fingerprint density at radius 3 is 0.783 bits per heavy atom. The van der Waals surface area contributed by atoms with Gasteiger partial charge in [0.1, 0.15) is 70.3 Å². The number of nitrogens with zero attached hydrogens (tertiary/aromatic N) is 4. The molecule has 0 spiro atoms. The Labute approximate surface area is 401 Å². The highest BCUT2D eigenvalue weighted by Gasteiger charge is 2.25. The number of hydrogen-bond donors (Lipinski definition) is 0. The van der Waals surface area contributed by atoms with Crippen molar-refractivity contribution in [3.05, 3.63) is 226 Å². The lowest BCUT2D eigenvalue weighted by atomic mass is 9.78. The van der Waals surface area contributed by atoms with E-state index in [4.69, 9.17) is 18.9 Å². The first-order chi connectivity index (χ1) is 33.2. The van der Waals surface area contributed by atoms with E-state index in [0.717, 1.165) is 22.3 Å². The smallest absolute Gasteiger partial charge is 0.206 e. The lowest BCUT2D eigenvalue weighted by Gasteiger charge is -2.26. The molecule has 0 saturated heterocycles. The van der Waals surface area contributed by atoms with Crippen molar-refractivity contribution in [3.63, 3.8) is 0 Å².